The number of nitrogens with one attached hydrogen (secondary N) is 3. The second-order valence-electron chi connectivity index (χ2n) is 6.65. The molecule has 1 atom stereocenters. The molecular weight excluding hydrogens is 360 g/mol. The van der Waals surface area contributed by atoms with Crippen molar-refractivity contribution in [3.63, 3.8) is 0 Å². The fourth-order valence-electron chi connectivity index (χ4n) is 3.09. The average molecular weight is 387 g/mol. The molecule has 2 aromatic heterocycles. The van der Waals surface area contributed by atoms with Crippen LogP contribution in [0.3, 0.4) is 0 Å². The Bertz CT molecular complexity index is 823. The van der Waals surface area contributed by atoms with Crippen molar-refractivity contribution in [2.24, 2.45) is 0 Å². The number of fused-ring (bicyclic) bond motifs is 1. The summed E-state index contributed by atoms with van der Waals surface area (Å²) >= 11 is 7.26. The molecule has 0 bridgehead atoms. The van der Waals surface area contributed by atoms with Crippen LogP contribution in [0.2, 0.25) is 0 Å². The molecule has 0 saturated heterocycles. The maximum absolute atomic E-state index is 5.47. The molecule has 3 rings (SSSR count). The zero-order valence-electron chi connectivity index (χ0n) is 15.3. The van der Waals surface area contributed by atoms with Gasteiger partial charge in [0.25, 0.3) is 0 Å². The molecule has 0 amide bonds. The summed E-state index contributed by atoms with van der Waals surface area (Å²) in [6, 6.07) is 12.8. The molecule has 0 aliphatic carbocycles. The fraction of sp³-hybridized carbons (Fsp3) is 0.350. The number of thiocarbonyl (C=S) groups is 1. The molecule has 3 N–H and O–H groups in total. The van der Waals surface area contributed by atoms with Gasteiger partial charge in [0.2, 0.25) is 0 Å². The summed E-state index contributed by atoms with van der Waals surface area (Å²) in [7, 11) is 4.17. The molecule has 2 heterocycles. The third-order valence-electron chi connectivity index (χ3n) is 4.42. The van der Waals surface area contributed by atoms with E-state index in [-0.39, 0.29) is 5.92 Å². The smallest absolute Gasteiger partial charge is 0.166 e. The first-order chi connectivity index (χ1) is 12.6. The number of nitrogens with zero attached hydrogens (tertiary/aromatic N) is 1. The van der Waals surface area contributed by atoms with Crippen molar-refractivity contribution in [2.45, 2.75) is 12.3 Å². The van der Waals surface area contributed by atoms with Crippen molar-refractivity contribution in [1.82, 2.24) is 20.5 Å². The van der Waals surface area contributed by atoms with E-state index < -0.39 is 0 Å². The third-order valence-corrected chi connectivity index (χ3v) is 5.69. The van der Waals surface area contributed by atoms with E-state index in [1.54, 1.807) is 11.3 Å². The van der Waals surface area contributed by atoms with Gasteiger partial charge < -0.3 is 20.5 Å². The molecule has 4 nitrogen and oxygen atoms in total. The highest BCUT2D eigenvalue weighted by atomic mass is 32.1. The number of H-pyrrole nitrogens is 1. The van der Waals surface area contributed by atoms with Crippen molar-refractivity contribution < 1.29 is 0 Å². The van der Waals surface area contributed by atoms with Gasteiger partial charge in [-0.25, -0.2) is 0 Å². The zero-order valence-corrected chi connectivity index (χ0v) is 16.9. The van der Waals surface area contributed by atoms with Crippen LogP contribution in [0, 0.1) is 0 Å². The Kier molecular flexibility index (Phi) is 6.66. The minimum absolute atomic E-state index is 0.271. The van der Waals surface area contributed by atoms with Gasteiger partial charge >= 0.3 is 0 Å². The maximum Gasteiger partial charge on any atom is 0.166 e. The molecule has 0 radical (unpaired) electrons. The van der Waals surface area contributed by atoms with Gasteiger partial charge in [-0.1, -0.05) is 24.3 Å². The Morgan fingerprint density at radius 3 is 2.81 bits per heavy atom. The summed E-state index contributed by atoms with van der Waals surface area (Å²) in [4.78, 5) is 6.92. The van der Waals surface area contributed by atoms with Crippen LogP contribution < -0.4 is 10.6 Å². The molecule has 0 aliphatic rings. The number of rotatable bonds is 8. The summed E-state index contributed by atoms with van der Waals surface area (Å²) in [6.07, 6.45) is 3.20. The quantitative estimate of drug-likeness (QED) is 0.407. The van der Waals surface area contributed by atoms with Crippen LogP contribution in [-0.2, 0) is 0 Å². The summed E-state index contributed by atoms with van der Waals surface area (Å²) in [5.41, 5.74) is 2.49. The number of hydrogen-bond acceptors (Lipinski definition) is 3. The minimum atomic E-state index is 0.271. The average Bonchev–Trinajstić information content (AvgIpc) is 3.29. The highest BCUT2D eigenvalue weighted by Gasteiger charge is 2.19. The molecule has 0 aliphatic heterocycles. The van der Waals surface area contributed by atoms with Gasteiger partial charge in [-0.15, -0.1) is 11.3 Å². The van der Waals surface area contributed by atoms with E-state index in [1.165, 1.54) is 21.3 Å². The lowest BCUT2D eigenvalue weighted by molar-refractivity contribution is 0.400. The molecular formula is C20H26N4S2. The van der Waals surface area contributed by atoms with Gasteiger partial charge in [0.1, 0.15) is 0 Å². The number of thiophene rings is 1. The van der Waals surface area contributed by atoms with Gasteiger partial charge in [0.15, 0.2) is 5.11 Å². The lowest BCUT2D eigenvalue weighted by atomic mass is 9.97. The Hall–Kier alpha value is -1.89. The van der Waals surface area contributed by atoms with Crippen LogP contribution >= 0.6 is 23.6 Å². The topological polar surface area (TPSA) is 43.1 Å². The monoisotopic (exact) mass is 386 g/mol. The van der Waals surface area contributed by atoms with E-state index in [9.17, 15) is 0 Å². The second-order valence-corrected chi connectivity index (χ2v) is 8.04. The van der Waals surface area contributed by atoms with Crippen molar-refractivity contribution >= 4 is 39.6 Å². The van der Waals surface area contributed by atoms with Crippen LogP contribution in [0.15, 0.2) is 48.0 Å². The molecule has 3 aromatic rings. The van der Waals surface area contributed by atoms with E-state index in [4.69, 9.17) is 12.2 Å². The Morgan fingerprint density at radius 2 is 2.04 bits per heavy atom. The number of hydrogen-bond donors (Lipinski definition) is 3. The Balaban J connectivity index is 1.66. The van der Waals surface area contributed by atoms with E-state index in [0.29, 0.717) is 0 Å². The lowest BCUT2D eigenvalue weighted by Crippen LogP contribution is -2.38. The van der Waals surface area contributed by atoms with E-state index >= 15 is 0 Å². The van der Waals surface area contributed by atoms with Crippen LogP contribution in [0.5, 0.6) is 0 Å². The van der Waals surface area contributed by atoms with E-state index in [1.807, 2.05) is 0 Å². The zero-order chi connectivity index (χ0) is 18.4. The summed E-state index contributed by atoms with van der Waals surface area (Å²) in [5, 5.41) is 10.9. The summed E-state index contributed by atoms with van der Waals surface area (Å²) in [5.74, 6) is 0.271. The molecule has 26 heavy (non-hydrogen) atoms. The fourth-order valence-corrected chi connectivity index (χ4v) is 4.12. The van der Waals surface area contributed by atoms with Crippen molar-refractivity contribution in [3.8, 4) is 0 Å². The van der Waals surface area contributed by atoms with Crippen LogP contribution in [-0.4, -0.2) is 48.7 Å². The van der Waals surface area contributed by atoms with Crippen LogP contribution in [0.4, 0.5) is 0 Å². The minimum Gasteiger partial charge on any atom is -0.363 e. The summed E-state index contributed by atoms with van der Waals surface area (Å²) < 4.78 is 0. The van der Waals surface area contributed by atoms with Gasteiger partial charge in [-0.05, 0) is 62.4 Å². The molecule has 0 fully saturated rings. The normalized spacial score (nSPS) is 12.4. The predicted molar refractivity (Wildman–Crippen MR) is 116 cm³/mol. The van der Waals surface area contributed by atoms with Gasteiger partial charge in [0, 0.05) is 41.0 Å². The van der Waals surface area contributed by atoms with Crippen LogP contribution in [0.1, 0.15) is 22.8 Å². The molecule has 0 unspecified atom stereocenters. The lowest BCUT2D eigenvalue weighted by Gasteiger charge is -2.18. The molecule has 138 valence electrons. The highest BCUT2D eigenvalue weighted by Crippen LogP contribution is 2.32. The van der Waals surface area contributed by atoms with Crippen molar-refractivity contribution in [2.75, 3.05) is 33.7 Å². The standard InChI is InChI=1S/C20H26N4S2/c1-24(2)11-6-10-21-20(25)23-14-17(19-9-5-12-26-19)16-13-22-18-8-4-3-7-15(16)18/h3-5,7-9,12-13,17,22H,6,10-11,14H2,1-2H3,(H2,21,23,25)/t17-/m0/s1. The first kappa shape index (κ1) is 18.9. The van der Waals surface area contributed by atoms with Gasteiger partial charge in [0.05, 0.1) is 0 Å². The number of benzene rings is 1. The summed E-state index contributed by atoms with van der Waals surface area (Å²) in [6.45, 7) is 2.73. The molecule has 0 saturated carbocycles. The van der Waals surface area contributed by atoms with Crippen molar-refractivity contribution in [1.29, 1.82) is 0 Å². The van der Waals surface area contributed by atoms with E-state index in [2.05, 4.69) is 82.6 Å². The predicted octanol–water partition coefficient (Wildman–Crippen LogP) is 3.78. The first-order valence-electron chi connectivity index (χ1n) is 8.91. The second kappa shape index (κ2) is 9.16. The maximum atomic E-state index is 5.47. The van der Waals surface area contributed by atoms with E-state index in [0.717, 1.165) is 31.2 Å². The number of aromatic nitrogens is 1. The number of para-hydroxylation sites is 1. The first-order valence-corrected chi connectivity index (χ1v) is 10.2. The molecule has 6 heteroatoms. The Labute approximate surface area is 164 Å². The molecule has 1 aromatic carbocycles. The van der Waals surface area contributed by atoms with Gasteiger partial charge in [-0.3, -0.25) is 0 Å². The van der Waals surface area contributed by atoms with Crippen LogP contribution in [0.25, 0.3) is 10.9 Å². The molecule has 0 spiro atoms. The Morgan fingerprint density at radius 1 is 1.19 bits per heavy atom. The largest absolute Gasteiger partial charge is 0.363 e. The van der Waals surface area contributed by atoms with Crippen molar-refractivity contribution in [3.05, 3.63) is 58.4 Å². The SMILES string of the molecule is CN(C)CCCNC(=S)NC[C@H](c1cccs1)c1c[nH]c2ccccc12. The van der Waals surface area contributed by atoms with Gasteiger partial charge in [-0.2, -0.15) is 0 Å². The highest BCUT2D eigenvalue weighted by molar-refractivity contribution is 7.80. The number of aromatic amines is 1. The third kappa shape index (κ3) is 4.84.